The number of amides is 1. The second-order valence-corrected chi connectivity index (χ2v) is 6.37. The number of nitrogens with one attached hydrogen (secondary N) is 2. The van der Waals surface area contributed by atoms with Crippen molar-refractivity contribution in [1.82, 2.24) is 5.43 Å². The molecular formula is C18H15IN4O4. The number of carbonyl (C=O) groups excluding carboxylic acids is 1. The molecule has 0 bridgehead atoms. The standard InChI is InChI=1S/C18H15IN4O4/c1-2-9-27-17-8-7-16(23(25)26)10-13(17)11-21-22-18(24)12-20-15-5-3-14(19)4-6-15/h1,3-8,10-11,20H,9,12H2,(H,22,24)/b21-11-. The van der Waals surface area contributed by atoms with Crippen molar-refractivity contribution >= 4 is 46.1 Å². The minimum absolute atomic E-state index is 0.00490. The molecule has 8 nitrogen and oxygen atoms in total. The van der Waals surface area contributed by atoms with Gasteiger partial charge in [0.2, 0.25) is 0 Å². The predicted molar refractivity (Wildman–Crippen MR) is 111 cm³/mol. The number of nitrogens with zero attached hydrogens (tertiary/aromatic N) is 2. The van der Waals surface area contributed by atoms with E-state index in [4.69, 9.17) is 11.2 Å². The van der Waals surface area contributed by atoms with Crippen molar-refractivity contribution in [3.63, 3.8) is 0 Å². The Labute approximate surface area is 169 Å². The van der Waals surface area contributed by atoms with Crippen LogP contribution >= 0.6 is 22.6 Å². The number of benzene rings is 2. The molecule has 0 saturated carbocycles. The van der Waals surface area contributed by atoms with Crippen LogP contribution in [0.25, 0.3) is 0 Å². The second-order valence-electron chi connectivity index (χ2n) is 5.13. The monoisotopic (exact) mass is 478 g/mol. The summed E-state index contributed by atoms with van der Waals surface area (Å²) < 4.78 is 6.41. The predicted octanol–water partition coefficient (Wildman–Crippen LogP) is 2.77. The van der Waals surface area contributed by atoms with Gasteiger partial charge in [-0.15, -0.1) is 6.42 Å². The van der Waals surface area contributed by atoms with Crippen LogP contribution in [0.4, 0.5) is 11.4 Å². The molecule has 0 aliphatic rings. The molecule has 1 amide bonds. The van der Waals surface area contributed by atoms with Crippen LogP contribution in [0.1, 0.15) is 5.56 Å². The lowest BCUT2D eigenvalue weighted by Gasteiger charge is -2.07. The lowest BCUT2D eigenvalue weighted by Crippen LogP contribution is -2.25. The maximum absolute atomic E-state index is 11.9. The molecule has 2 N–H and O–H groups in total. The smallest absolute Gasteiger partial charge is 0.270 e. The van der Waals surface area contributed by atoms with Gasteiger partial charge in [0.15, 0.2) is 0 Å². The molecule has 138 valence electrons. The topological polar surface area (TPSA) is 106 Å². The quantitative estimate of drug-likeness (QED) is 0.200. The first kappa shape index (κ1) is 20.2. The van der Waals surface area contributed by atoms with E-state index >= 15 is 0 Å². The van der Waals surface area contributed by atoms with Crippen molar-refractivity contribution in [2.75, 3.05) is 18.5 Å². The third-order valence-electron chi connectivity index (χ3n) is 3.21. The van der Waals surface area contributed by atoms with E-state index in [1.54, 1.807) is 0 Å². The minimum Gasteiger partial charge on any atom is -0.480 e. The minimum atomic E-state index is -0.536. The second kappa shape index (κ2) is 10.1. The summed E-state index contributed by atoms with van der Waals surface area (Å²) in [6.07, 6.45) is 6.42. The first-order chi connectivity index (χ1) is 13.0. The molecule has 0 fully saturated rings. The Balaban J connectivity index is 1.97. The van der Waals surface area contributed by atoms with E-state index in [1.165, 1.54) is 24.4 Å². The first-order valence-corrected chi connectivity index (χ1v) is 8.73. The normalized spacial score (nSPS) is 10.2. The molecule has 0 aliphatic heterocycles. The SMILES string of the molecule is C#CCOc1ccc([N+](=O)[O-])cc1/C=N\NC(=O)CNc1ccc(I)cc1. The van der Waals surface area contributed by atoms with E-state index in [2.05, 4.69) is 44.4 Å². The van der Waals surface area contributed by atoms with Gasteiger partial charge in [-0.05, 0) is 52.9 Å². The van der Waals surface area contributed by atoms with Crippen LogP contribution in [0.15, 0.2) is 47.6 Å². The number of hydrogen-bond acceptors (Lipinski definition) is 6. The van der Waals surface area contributed by atoms with Crippen LogP contribution in [-0.4, -0.2) is 30.2 Å². The molecule has 0 atom stereocenters. The lowest BCUT2D eigenvalue weighted by atomic mass is 10.2. The number of nitro groups is 1. The molecule has 9 heteroatoms. The molecule has 2 rings (SSSR count). The number of nitro benzene ring substituents is 1. The Kier molecular flexibility index (Phi) is 7.57. The Morgan fingerprint density at radius 3 is 2.74 bits per heavy atom. The summed E-state index contributed by atoms with van der Waals surface area (Å²) in [6, 6.07) is 11.6. The van der Waals surface area contributed by atoms with Gasteiger partial charge in [-0.3, -0.25) is 14.9 Å². The summed E-state index contributed by atoms with van der Waals surface area (Å²) in [4.78, 5) is 22.2. The highest BCUT2D eigenvalue weighted by molar-refractivity contribution is 14.1. The van der Waals surface area contributed by atoms with Gasteiger partial charge in [-0.2, -0.15) is 5.10 Å². The summed E-state index contributed by atoms with van der Waals surface area (Å²) in [5, 5.41) is 17.7. The Hall–Kier alpha value is -3.13. The van der Waals surface area contributed by atoms with E-state index in [0.29, 0.717) is 11.3 Å². The number of anilines is 1. The van der Waals surface area contributed by atoms with Crippen LogP contribution in [-0.2, 0) is 4.79 Å². The fourth-order valence-corrected chi connectivity index (χ4v) is 2.32. The summed E-state index contributed by atoms with van der Waals surface area (Å²) in [7, 11) is 0. The Morgan fingerprint density at radius 1 is 1.33 bits per heavy atom. The van der Waals surface area contributed by atoms with Crippen LogP contribution in [0, 0.1) is 26.0 Å². The summed E-state index contributed by atoms with van der Waals surface area (Å²) >= 11 is 2.19. The van der Waals surface area contributed by atoms with Gasteiger partial charge in [-0.1, -0.05) is 5.92 Å². The van der Waals surface area contributed by atoms with E-state index in [1.807, 2.05) is 24.3 Å². The number of hydrazone groups is 1. The average Bonchev–Trinajstić information content (AvgIpc) is 2.66. The molecule has 0 unspecified atom stereocenters. The number of halogens is 1. The summed E-state index contributed by atoms with van der Waals surface area (Å²) in [5.41, 5.74) is 3.35. The summed E-state index contributed by atoms with van der Waals surface area (Å²) in [6.45, 7) is 0.0261. The lowest BCUT2D eigenvalue weighted by molar-refractivity contribution is -0.384. The van der Waals surface area contributed by atoms with Gasteiger partial charge in [0, 0.05) is 27.0 Å². The third kappa shape index (κ3) is 6.59. The Morgan fingerprint density at radius 2 is 2.07 bits per heavy atom. The molecule has 0 aliphatic carbocycles. The zero-order valence-corrected chi connectivity index (χ0v) is 16.2. The number of rotatable bonds is 8. The zero-order chi connectivity index (χ0) is 19.6. The van der Waals surface area contributed by atoms with Gasteiger partial charge >= 0.3 is 0 Å². The number of carbonyl (C=O) groups is 1. The van der Waals surface area contributed by atoms with E-state index < -0.39 is 4.92 Å². The van der Waals surface area contributed by atoms with Crippen LogP contribution in [0.2, 0.25) is 0 Å². The van der Waals surface area contributed by atoms with Gasteiger partial charge in [0.25, 0.3) is 11.6 Å². The van der Waals surface area contributed by atoms with Crippen molar-refractivity contribution in [2.45, 2.75) is 0 Å². The van der Waals surface area contributed by atoms with E-state index in [-0.39, 0.29) is 24.7 Å². The highest BCUT2D eigenvalue weighted by atomic mass is 127. The average molecular weight is 478 g/mol. The molecule has 0 heterocycles. The molecule has 27 heavy (non-hydrogen) atoms. The van der Waals surface area contributed by atoms with Crippen molar-refractivity contribution < 1.29 is 14.5 Å². The van der Waals surface area contributed by atoms with Crippen molar-refractivity contribution in [2.24, 2.45) is 5.10 Å². The fourth-order valence-electron chi connectivity index (χ4n) is 1.96. The molecule has 0 radical (unpaired) electrons. The largest absolute Gasteiger partial charge is 0.480 e. The summed E-state index contributed by atoms with van der Waals surface area (Å²) in [5.74, 6) is 2.27. The first-order valence-electron chi connectivity index (χ1n) is 7.65. The van der Waals surface area contributed by atoms with Crippen molar-refractivity contribution in [3.05, 3.63) is 61.7 Å². The van der Waals surface area contributed by atoms with Gasteiger partial charge < -0.3 is 10.1 Å². The molecule has 2 aromatic rings. The zero-order valence-electron chi connectivity index (χ0n) is 14.0. The van der Waals surface area contributed by atoms with Crippen molar-refractivity contribution in [3.8, 4) is 18.1 Å². The maximum atomic E-state index is 11.9. The number of terminal acetylenes is 1. The number of non-ortho nitro benzene ring substituents is 1. The highest BCUT2D eigenvalue weighted by Gasteiger charge is 2.10. The molecule has 0 saturated heterocycles. The fraction of sp³-hybridized carbons (Fsp3) is 0.111. The number of hydrogen-bond donors (Lipinski definition) is 2. The third-order valence-corrected chi connectivity index (χ3v) is 3.92. The van der Waals surface area contributed by atoms with Gasteiger partial charge in [-0.25, -0.2) is 5.43 Å². The molecular weight excluding hydrogens is 463 g/mol. The molecule has 0 spiro atoms. The highest BCUT2D eigenvalue weighted by Crippen LogP contribution is 2.22. The molecule has 2 aromatic carbocycles. The Bertz CT molecular complexity index is 891. The maximum Gasteiger partial charge on any atom is 0.270 e. The number of ether oxygens (including phenoxy) is 1. The van der Waals surface area contributed by atoms with Crippen LogP contribution < -0.4 is 15.5 Å². The van der Waals surface area contributed by atoms with Crippen LogP contribution in [0.3, 0.4) is 0 Å². The molecule has 0 aromatic heterocycles. The van der Waals surface area contributed by atoms with Crippen molar-refractivity contribution in [1.29, 1.82) is 0 Å². The van der Waals surface area contributed by atoms with Crippen LogP contribution in [0.5, 0.6) is 5.75 Å². The van der Waals surface area contributed by atoms with E-state index in [9.17, 15) is 14.9 Å². The van der Waals surface area contributed by atoms with E-state index in [0.717, 1.165) is 9.26 Å². The van der Waals surface area contributed by atoms with Gasteiger partial charge in [0.05, 0.1) is 17.7 Å². The van der Waals surface area contributed by atoms with Gasteiger partial charge in [0.1, 0.15) is 12.4 Å².